The molecule has 1 aliphatic rings. The topological polar surface area (TPSA) is 64.5 Å². The molecule has 2 rings (SSSR count). The summed E-state index contributed by atoms with van der Waals surface area (Å²) in [5, 5.41) is 13.7. The van der Waals surface area contributed by atoms with Gasteiger partial charge in [-0.2, -0.15) is 0 Å². The van der Waals surface area contributed by atoms with Crippen LogP contribution >= 0.6 is 0 Å². The third kappa shape index (κ3) is 4.91. The molecule has 1 fully saturated rings. The van der Waals surface area contributed by atoms with Crippen molar-refractivity contribution in [1.82, 2.24) is 19.8 Å². The molecular weight excluding hydrogens is 266 g/mol. The van der Waals surface area contributed by atoms with Gasteiger partial charge in [0.05, 0.1) is 5.60 Å². The van der Waals surface area contributed by atoms with E-state index < -0.39 is 5.60 Å². The molecule has 6 heteroatoms. The summed E-state index contributed by atoms with van der Waals surface area (Å²) < 4.78 is 0. The van der Waals surface area contributed by atoms with Crippen LogP contribution in [0.25, 0.3) is 0 Å². The summed E-state index contributed by atoms with van der Waals surface area (Å²) in [5.41, 5.74) is 0.499. The fourth-order valence-corrected chi connectivity index (χ4v) is 2.82. The second kappa shape index (κ2) is 7.15. The highest BCUT2D eigenvalue weighted by atomic mass is 16.3. The van der Waals surface area contributed by atoms with Gasteiger partial charge in [-0.1, -0.05) is 6.92 Å². The van der Waals surface area contributed by atoms with E-state index in [1.807, 2.05) is 31.4 Å². The SMILES string of the molecule is CCCNc1ncc(CN2CC[C@](O)(CN(C)C)C2)cn1. The van der Waals surface area contributed by atoms with Crippen molar-refractivity contribution in [1.29, 1.82) is 0 Å². The number of β-amino-alcohol motifs (C(OH)–C–C–N with tert-alkyl or cyclic N) is 1. The number of nitrogens with zero attached hydrogens (tertiary/aromatic N) is 4. The van der Waals surface area contributed by atoms with Gasteiger partial charge in [-0.25, -0.2) is 9.97 Å². The molecule has 118 valence electrons. The van der Waals surface area contributed by atoms with Crippen LogP contribution in [0, 0.1) is 0 Å². The molecule has 21 heavy (non-hydrogen) atoms. The van der Waals surface area contributed by atoms with E-state index in [2.05, 4.69) is 27.1 Å². The fraction of sp³-hybridized carbons (Fsp3) is 0.733. The smallest absolute Gasteiger partial charge is 0.222 e. The van der Waals surface area contributed by atoms with Gasteiger partial charge in [0.25, 0.3) is 0 Å². The number of likely N-dealkylation sites (tertiary alicyclic amines) is 1. The van der Waals surface area contributed by atoms with Crippen molar-refractivity contribution in [3.8, 4) is 0 Å². The van der Waals surface area contributed by atoms with E-state index in [4.69, 9.17) is 0 Å². The summed E-state index contributed by atoms with van der Waals surface area (Å²) in [6.45, 7) is 6.14. The minimum absolute atomic E-state index is 0.590. The van der Waals surface area contributed by atoms with Crippen molar-refractivity contribution in [2.24, 2.45) is 0 Å². The van der Waals surface area contributed by atoms with Crippen molar-refractivity contribution >= 4 is 5.95 Å². The van der Waals surface area contributed by atoms with E-state index in [1.54, 1.807) is 0 Å². The molecule has 1 saturated heterocycles. The third-order valence-electron chi connectivity index (χ3n) is 3.67. The van der Waals surface area contributed by atoms with Gasteiger partial charge >= 0.3 is 0 Å². The first kappa shape index (κ1) is 16.1. The maximum atomic E-state index is 10.5. The molecule has 0 amide bonds. The van der Waals surface area contributed by atoms with Gasteiger partial charge < -0.3 is 15.3 Å². The van der Waals surface area contributed by atoms with Crippen LogP contribution in [0.2, 0.25) is 0 Å². The average molecular weight is 293 g/mol. The standard InChI is InChI=1S/C15H27N5O/c1-4-6-16-14-17-8-13(9-18-14)10-20-7-5-15(21,12-20)11-19(2)3/h8-9,21H,4-7,10-12H2,1-3H3,(H,16,17,18)/t15-/m0/s1. The molecule has 1 aromatic rings. The summed E-state index contributed by atoms with van der Waals surface area (Å²) in [7, 11) is 3.99. The Hall–Kier alpha value is -1.24. The highest BCUT2D eigenvalue weighted by molar-refractivity contribution is 5.24. The number of aliphatic hydroxyl groups is 1. The van der Waals surface area contributed by atoms with Crippen LogP contribution in [0.4, 0.5) is 5.95 Å². The van der Waals surface area contributed by atoms with Gasteiger partial charge in [0.2, 0.25) is 5.95 Å². The van der Waals surface area contributed by atoms with Crippen molar-refractivity contribution < 1.29 is 5.11 Å². The first-order valence-electron chi connectivity index (χ1n) is 7.65. The van der Waals surface area contributed by atoms with Crippen LogP contribution in [-0.4, -0.2) is 70.7 Å². The number of anilines is 1. The maximum Gasteiger partial charge on any atom is 0.222 e. The van der Waals surface area contributed by atoms with Crippen molar-refractivity contribution in [2.75, 3.05) is 45.6 Å². The van der Waals surface area contributed by atoms with Crippen LogP contribution in [0.3, 0.4) is 0 Å². The second-order valence-electron chi connectivity index (χ2n) is 6.26. The molecule has 2 heterocycles. The Morgan fingerprint density at radius 1 is 1.38 bits per heavy atom. The Kier molecular flexibility index (Phi) is 5.50. The molecule has 1 aliphatic heterocycles. The molecule has 0 spiro atoms. The predicted molar refractivity (Wildman–Crippen MR) is 84.2 cm³/mol. The first-order valence-corrected chi connectivity index (χ1v) is 7.65. The monoisotopic (exact) mass is 293 g/mol. The van der Waals surface area contributed by atoms with Crippen molar-refractivity contribution in [2.45, 2.75) is 31.9 Å². The molecule has 1 atom stereocenters. The Labute approximate surface area is 127 Å². The van der Waals surface area contributed by atoms with E-state index in [0.717, 1.165) is 38.0 Å². The minimum Gasteiger partial charge on any atom is -0.387 e. The normalized spacial score (nSPS) is 22.9. The summed E-state index contributed by atoms with van der Waals surface area (Å²) in [6.07, 6.45) is 5.62. The molecule has 6 nitrogen and oxygen atoms in total. The first-order chi connectivity index (χ1) is 10.0. The maximum absolute atomic E-state index is 10.5. The molecule has 0 bridgehead atoms. The van der Waals surface area contributed by atoms with Gasteiger partial charge in [0.15, 0.2) is 0 Å². The van der Waals surface area contributed by atoms with E-state index in [1.165, 1.54) is 0 Å². The van der Waals surface area contributed by atoms with Crippen LogP contribution in [-0.2, 0) is 6.54 Å². The minimum atomic E-state index is -0.590. The van der Waals surface area contributed by atoms with E-state index >= 15 is 0 Å². The number of likely N-dealkylation sites (N-methyl/N-ethyl adjacent to an activating group) is 1. The highest BCUT2D eigenvalue weighted by Gasteiger charge is 2.36. The van der Waals surface area contributed by atoms with Crippen LogP contribution in [0.5, 0.6) is 0 Å². The molecule has 1 aromatic heterocycles. The third-order valence-corrected chi connectivity index (χ3v) is 3.67. The van der Waals surface area contributed by atoms with E-state index in [0.29, 0.717) is 19.0 Å². The number of rotatable bonds is 7. The lowest BCUT2D eigenvalue weighted by Crippen LogP contribution is -2.42. The second-order valence-corrected chi connectivity index (χ2v) is 6.26. The van der Waals surface area contributed by atoms with Crippen LogP contribution in [0.15, 0.2) is 12.4 Å². The number of hydrogen-bond acceptors (Lipinski definition) is 6. The van der Waals surface area contributed by atoms with Gasteiger partial charge in [-0.15, -0.1) is 0 Å². The predicted octanol–water partition coefficient (Wildman–Crippen LogP) is 0.797. The van der Waals surface area contributed by atoms with E-state index in [9.17, 15) is 5.11 Å². The zero-order valence-corrected chi connectivity index (χ0v) is 13.3. The average Bonchev–Trinajstić information content (AvgIpc) is 2.78. The van der Waals surface area contributed by atoms with Crippen molar-refractivity contribution in [3.05, 3.63) is 18.0 Å². The van der Waals surface area contributed by atoms with Crippen molar-refractivity contribution in [3.63, 3.8) is 0 Å². The summed E-state index contributed by atoms with van der Waals surface area (Å²) in [4.78, 5) is 13.0. The summed E-state index contributed by atoms with van der Waals surface area (Å²) >= 11 is 0. The van der Waals surface area contributed by atoms with Gasteiger partial charge in [0.1, 0.15) is 0 Å². The Morgan fingerprint density at radius 2 is 2.10 bits per heavy atom. The largest absolute Gasteiger partial charge is 0.387 e. The summed E-state index contributed by atoms with van der Waals surface area (Å²) in [6, 6.07) is 0. The lowest BCUT2D eigenvalue weighted by Gasteiger charge is -2.26. The molecular formula is C15H27N5O. The highest BCUT2D eigenvalue weighted by Crippen LogP contribution is 2.23. The Balaban J connectivity index is 1.85. The molecule has 0 aromatic carbocycles. The lowest BCUT2D eigenvalue weighted by molar-refractivity contribution is 0.0240. The number of nitrogens with one attached hydrogen (secondary N) is 1. The van der Waals surface area contributed by atoms with Gasteiger partial charge in [-0.05, 0) is 26.9 Å². The lowest BCUT2D eigenvalue weighted by atomic mass is 10.0. The fourth-order valence-electron chi connectivity index (χ4n) is 2.82. The quantitative estimate of drug-likeness (QED) is 0.775. The van der Waals surface area contributed by atoms with Gasteiger partial charge in [0, 0.05) is 50.7 Å². The molecule has 0 aliphatic carbocycles. The number of aromatic nitrogens is 2. The van der Waals surface area contributed by atoms with E-state index in [-0.39, 0.29) is 0 Å². The van der Waals surface area contributed by atoms with Crippen LogP contribution < -0.4 is 5.32 Å². The molecule has 0 unspecified atom stereocenters. The van der Waals surface area contributed by atoms with Gasteiger partial charge in [-0.3, -0.25) is 4.90 Å². The summed E-state index contributed by atoms with van der Waals surface area (Å²) in [5.74, 6) is 0.686. The van der Waals surface area contributed by atoms with Crippen LogP contribution in [0.1, 0.15) is 25.3 Å². The Bertz CT molecular complexity index is 436. The number of hydrogen-bond donors (Lipinski definition) is 2. The Morgan fingerprint density at radius 3 is 2.71 bits per heavy atom. The zero-order chi connectivity index (χ0) is 15.3. The molecule has 0 saturated carbocycles. The zero-order valence-electron chi connectivity index (χ0n) is 13.3. The molecule has 0 radical (unpaired) electrons. The molecule has 2 N–H and O–H groups in total.